The fourth-order valence-electron chi connectivity index (χ4n) is 1.05. The van der Waals surface area contributed by atoms with Crippen molar-refractivity contribution in [3.63, 3.8) is 0 Å². The quantitative estimate of drug-likeness (QED) is 0.449. The molecule has 0 radical (unpaired) electrons. The van der Waals surface area contributed by atoms with Crippen molar-refractivity contribution in [2.24, 2.45) is 0 Å². The highest BCUT2D eigenvalue weighted by Crippen LogP contribution is 2.07. The smallest absolute Gasteiger partial charge is 0.219 e. The number of hydrogen-bond acceptors (Lipinski definition) is 4. The molecular formula is C7H14N2O4. The van der Waals surface area contributed by atoms with Gasteiger partial charge >= 0.3 is 0 Å². The molecule has 0 aromatic heterocycles. The van der Waals surface area contributed by atoms with Gasteiger partial charge in [0.15, 0.2) is 0 Å². The van der Waals surface area contributed by atoms with Gasteiger partial charge in [0.25, 0.3) is 0 Å². The molecular weight excluding hydrogens is 176 g/mol. The fraction of sp³-hybridized carbons (Fsp3) is 1.00. The van der Waals surface area contributed by atoms with Gasteiger partial charge in [0.2, 0.25) is 12.6 Å². The zero-order valence-corrected chi connectivity index (χ0v) is 7.64. The highest BCUT2D eigenvalue weighted by atomic mass is 16.6. The van der Waals surface area contributed by atoms with Crippen molar-refractivity contribution in [1.82, 2.24) is 0 Å². The molecule has 0 bridgehead atoms. The van der Waals surface area contributed by atoms with Gasteiger partial charge in [0, 0.05) is 16.3 Å². The Labute approximate surface area is 76.2 Å². The van der Waals surface area contributed by atoms with E-state index in [1.54, 1.807) is 0 Å². The van der Waals surface area contributed by atoms with Crippen LogP contribution in [0.3, 0.4) is 0 Å². The summed E-state index contributed by atoms with van der Waals surface area (Å²) < 4.78 is 0. The predicted octanol–water partition coefficient (Wildman–Crippen LogP) is 1.49. The van der Waals surface area contributed by atoms with E-state index in [0.29, 0.717) is 6.42 Å². The van der Waals surface area contributed by atoms with Gasteiger partial charge in [-0.2, -0.15) is 0 Å². The van der Waals surface area contributed by atoms with Crippen LogP contribution in [0.4, 0.5) is 0 Å². The van der Waals surface area contributed by atoms with Gasteiger partial charge in [-0.15, -0.1) is 0 Å². The molecule has 76 valence electrons. The number of hydrogen-bond donors (Lipinski definition) is 0. The minimum absolute atomic E-state index is 0.0417. The second-order valence-electron chi connectivity index (χ2n) is 2.93. The summed E-state index contributed by atoms with van der Waals surface area (Å²) in [5.74, 6) is 0. The summed E-state index contributed by atoms with van der Waals surface area (Å²) in [5, 5.41) is 20.4. The lowest BCUT2D eigenvalue weighted by Gasteiger charge is -2.05. The molecule has 0 N–H and O–H groups in total. The Morgan fingerprint density at radius 1 is 1.23 bits per heavy atom. The van der Waals surface area contributed by atoms with E-state index in [1.807, 2.05) is 6.92 Å². The third kappa shape index (κ3) is 6.01. The molecule has 0 saturated heterocycles. The van der Waals surface area contributed by atoms with Crippen LogP contribution in [-0.2, 0) is 0 Å². The topological polar surface area (TPSA) is 86.3 Å². The highest BCUT2D eigenvalue weighted by molar-refractivity contribution is 4.55. The number of nitro groups is 2. The molecule has 0 saturated carbocycles. The van der Waals surface area contributed by atoms with Crippen LogP contribution >= 0.6 is 0 Å². The molecule has 0 aromatic rings. The summed E-state index contributed by atoms with van der Waals surface area (Å²) in [4.78, 5) is 19.5. The minimum Gasteiger partial charge on any atom is -0.265 e. The van der Waals surface area contributed by atoms with Crippen molar-refractivity contribution < 1.29 is 9.85 Å². The van der Waals surface area contributed by atoms with Crippen molar-refractivity contribution in [2.45, 2.75) is 38.6 Å². The van der Waals surface area contributed by atoms with Gasteiger partial charge in [-0.25, -0.2) is 0 Å². The SMILES string of the molecule is CCCCC(CC[N+](=O)[O-])[N+](=O)[O-]. The molecule has 0 rings (SSSR count). The highest BCUT2D eigenvalue weighted by Gasteiger charge is 2.21. The second kappa shape index (κ2) is 6.33. The maximum Gasteiger partial charge on any atom is 0.219 e. The molecule has 13 heavy (non-hydrogen) atoms. The summed E-state index contributed by atoms with van der Waals surface area (Å²) >= 11 is 0. The van der Waals surface area contributed by atoms with E-state index in [2.05, 4.69) is 0 Å². The van der Waals surface area contributed by atoms with E-state index >= 15 is 0 Å². The molecule has 0 heterocycles. The zero-order chi connectivity index (χ0) is 10.3. The van der Waals surface area contributed by atoms with Crippen LogP contribution in [0.2, 0.25) is 0 Å². The fourth-order valence-corrected chi connectivity index (χ4v) is 1.05. The first kappa shape index (κ1) is 11.8. The molecule has 0 aliphatic carbocycles. The second-order valence-corrected chi connectivity index (χ2v) is 2.93. The number of unbranched alkanes of at least 4 members (excludes halogenated alkanes) is 1. The van der Waals surface area contributed by atoms with Crippen LogP contribution in [0, 0.1) is 20.2 Å². The normalized spacial score (nSPS) is 12.4. The molecule has 0 spiro atoms. The molecule has 6 heteroatoms. The Morgan fingerprint density at radius 3 is 2.23 bits per heavy atom. The molecule has 6 nitrogen and oxygen atoms in total. The number of rotatable bonds is 7. The van der Waals surface area contributed by atoms with Gasteiger partial charge in [0.1, 0.15) is 0 Å². The van der Waals surface area contributed by atoms with Crippen LogP contribution < -0.4 is 0 Å². The lowest BCUT2D eigenvalue weighted by atomic mass is 10.1. The summed E-state index contributed by atoms with van der Waals surface area (Å²) in [5.41, 5.74) is 0. The Bertz CT molecular complexity index is 183. The van der Waals surface area contributed by atoms with E-state index in [-0.39, 0.29) is 13.0 Å². The molecule has 1 atom stereocenters. The summed E-state index contributed by atoms with van der Waals surface area (Å²) in [7, 11) is 0. The maximum absolute atomic E-state index is 10.4. The van der Waals surface area contributed by atoms with Gasteiger partial charge in [0.05, 0.1) is 6.42 Å². The molecule has 0 aromatic carbocycles. The Morgan fingerprint density at radius 2 is 1.85 bits per heavy atom. The van der Waals surface area contributed by atoms with E-state index in [4.69, 9.17) is 0 Å². The van der Waals surface area contributed by atoms with Gasteiger partial charge < -0.3 is 0 Å². The molecule has 0 amide bonds. The lowest BCUT2D eigenvalue weighted by molar-refractivity contribution is -0.542. The lowest BCUT2D eigenvalue weighted by Crippen LogP contribution is -2.22. The summed E-state index contributed by atoms with van der Waals surface area (Å²) in [6.07, 6.45) is 2.11. The first-order valence-electron chi connectivity index (χ1n) is 4.33. The first-order chi connectivity index (χ1) is 6.07. The van der Waals surface area contributed by atoms with E-state index in [9.17, 15) is 20.2 Å². The standard InChI is InChI=1S/C7H14N2O4/c1-2-3-4-7(9(12)13)5-6-8(10)11/h7H,2-6H2,1H3. The van der Waals surface area contributed by atoms with E-state index in [0.717, 1.165) is 12.8 Å². The summed E-state index contributed by atoms with van der Waals surface area (Å²) in [6, 6.07) is -0.745. The van der Waals surface area contributed by atoms with Gasteiger partial charge in [-0.05, 0) is 6.42 Å². The monoisotopic (exact) mass is 190 g/mol. The van der Waals surface area contributed by atoms with Crippen molar-refractivity contribution in [3.05, 3.63) is 20.2 Å². The Balaban J connectivity index is 3.80. The van der Waals surface area contributed by atoms with Crippen LogP contribution in [0.25, 0.3) is 0 Å². The zero-order valence-electron chi connectivity index (χ0n) is 7.64. The van der Waals surface area contributed by atoms with Crippen molar-refractivity contribution >= 4 is 0 Å². The van der Waals surface area contributed by atoms with Crippen LogP contribution in [0.15, 0.2) is 0 Å². The molecule has 0 fully saturated rings. The Kier molecular flexibility index (Phi) is 5.75. The third-order valence-corrected chi connectivity index (χ3v) is 1.83. The maximum atomic E-state index is 10.4. The van der Waals surface area contributed by atoms with Crippen molar-refractivity contribution in [2.75, 3.05) is 6.54 Å². The van der Waals surface area contributed by atoms with Gasteiger partial charge in [-0.3, -0.25) is 20.2 Å². The van der Waals surface area contributed by atoms with Crippen molar-refractivity contribution in [1.29, 1.82) is 0 Å². The van der Waals surface area contributed by atoms with Crippen LogP contribution in [-0.4, -0.2) is 22.4 Å². The van der Waals surface area contributed by atoms with Gasteiger partial charge in [-0.1, -0.05) is 13.3 Å². The average Bonchev–Trinajstić information content (AvgIpc) is 2.03. The van der Waals surface area contributed by atoms with Crippen molar-refractivity contribution in [3.8, 4) is 0 Å². The number of nitrogens with zero attached hydrogens (tertiary/aromatic N) is 2. The molecule has 0 aliphatic heterocycles. The van der Waals surface area contributed by atoms with E-state index in [1.165, 1.54) is 0 Å². The largest absolute Gasteiger partial charge is 0.265 e. The van der Waals surface area contributed by atoms with Crippen LogP contribution in [0.5, 0.6) is 0 Å². The average molecular weight is 190 g/mol. The van der Waals surface area contributed by atoms with E-state index < -0.39 is 15.9 Å². The predicted molar refractivity (Wildman–Crippen MR) is 46.8 cm³/mol. The molecule has 1 unspecified atom stereocenters. The minimum atomic E-state index is -0.745. The molecule has 0 aliphatic rings. The Hall–Kier alpha value is -1.20. The first-order valence-corrected chi connectivity index (χ1v) is 4.33. The third-order valence-electron chi connectivity index (χ3n) is 1.83. The van der Waals surface area contributed by atoms with Crippen LogP contribution in [0.1, 0.15) is 32.6 Å². The summed E-state index contributed by atoms with van der Waals surface area (Å²) in [6.45, 7) is 1.62.